The largest absolute Gasteiger partial charge is 0.330 e. The quantitative estimate of drug-likeness (QED) is 0.501. The Hall–Kier alpha value is -2.81. The van der Waals surface area contributed by atoms with Gasteiger partial charge in [-0.25, -0.2) is 4.98 Å². The molecule has 0 radical (unpaired) electrons. The van der Waals surface area contributed by atoms with E-state index in [4.69, 9.17) is 0 Å². The van der Waals surface area contributed by atoms with Gasteiger partial charge in [-0.15, -0.1) is 21.5 Å². The zero-order chi connectivity index (χ0) is 20.8. The lowest BCUT2D eigenvalue weighted by molar-refractivity contribution is -0.117. The molecule has 0 saturated carbocycles. The van der Waals surface area contributed by atoms with Crippen molar-refractivity contribution in [1.82, 2.24) is 15.2 Å². The number of hydrogen-bond donors (Lipinski definition) is 2. The van der Waals surface area contributed by atoms with Gasteiger partial charge in [-0.2, -0.15) is 5.26 Å². The van der Waals surface area contributed by atoms with E-state index in [2.05, 4.69) is 25.8 Å². The van der Waals surface area contributed by atoms with Gasteiger partial charge in [0.2, 0.25) is 11.0 Å². The van der Waals surface area contributed by atoms with Crippen LogP contribution in [0.4, 0.5) is 16.5 Å². The summed E-state index contributed by atoms with van der Waals surface area (Å²) in [6.45, 7) is 3.28. The molecule has 0 aliphatic rings. The van der Waals surface area contributed by atoms with E-state index < -0.39 is 5.92 Å². The molecule has 11 heteroatoms. The molecule has 0 aliphatic heterocycles. The lowest BCUT2D eigenvalue weighted by Gasteiger charge is -2.05. The Morgan fingerprint density at radius 3 is 2.79 bits per heavy atom. The van der Waals surface area contributed by atoms with E-state index in [9.17, 15) is 14.9 Å². The van der Waals surface area contributed by atoms with Gasteiger partial charge in [0.25, 0.3) is 0 Å². The van der Waals surface area contributed by atoms with E-state index in [-0.39, 0.29) is 17.4 Å². The molecule has 29 heavy (non-hydrogen) atoms. The van der Waals surface area contributed by atoms with Gasteiger partial charge in [-0.3, -0.25) is 9.59 Å². The van der Waals surface area contributed by atoms with Crippen molar-refractivity contribution in [3.05, 3.63) is 40.3 Å². The minimum Gasteiger partial charge on any atom is -0.330 e. The zero-order valence-electron chi connectivity index (χ0n) is 15.5. The number of nitrogens with one attached hydrogen (secondary N) is 2. The summed E-state index contributed by atoms with van der Waals surface area (Å²) < 4.78 is 0.617. The van der Waals surface area contributed by atoms with Crippen molar-refractivity contribution in [1.29, 1.82) is 5.26 Å². The number of thiazole rings is 1. The molecule has 2 N–H and O–H groups in total. The van der Waals surface area contributed by atoms with Crippen LogP contribution in [0.2, 0.25) is 0 Å². The molecule has 2 heterocycles. The van der Waals surface area contributed by atoms with Crippen LogP contribution in [0.5, 0.6) is 0 Å². The summed E-state index contributed by atoms with van der Waals surface area (Å²) in [7, 11) is 0. The van der Waals surface area contributed by atoms with Gasteiger partial charge in [0.1, 0.15) is 5.01 Å². The molecule has 0 aliphatic carbocycles. The number of carbonyl (C=O) groups is 2. The standard InChI is InChI=1S/C18H16N6O2S3/c1-10-8-27-16(20-10)14(7-19)15(26)9-28-18-24-23-17(29-18)22-13-5-3-4-12(6-13)21-11(2)25/h3-6,8,14H,9H2,1-2H3,(H,21,25)(H,22,23). The number of hydrogen-bond acceptors (Lipinski definition) is 10. The Morgan fingerprint density at radius 1 is 1.31 bits per heavy atom. The number of anilines is 3. The van der Waals surface area contributed by atoms with Crippen LogP contribution >= 0.6 is 34.4 Å². The Bertz CT molecular complexity index is 1070. The monoisotopic (exact) mass is 444 g/mol. The van der Waals surface area contributed by atoms with Gasteiger partial charge in [0.15, 0.2) is 16.0 Å². The number of nitrogens with zero attached hydrogens (tertiary/aromatic N) is 4. The van der Waals surface area contributed by atoms with E-state index in [0.717, 1.165) is 11.4 Å². The van der Waals surface area contributed by atoms with E-state index in [1.165, 1.54) is 41.4 Å². The highest BCUT2D eigenvalue weighted by molar-refractivity contribution is 8.01. The third-order valence-electron chi connectivity index (χ3n) is 3.51. The minimum atomic E-state index is -0.858. The molecule has 0 bridgehead atoms. The fourth-order valence-electron chi connectivity index (χ4n) is 2.31. The van der Waals surface area contributed by atoms with Gasteiger partial charge in [0.05, 0.1) is 11.8 Å². The summed E-state index contributed by atoms with van der Waals surface area (Å²) in [5, 5.41) is 26.2. The summed E-state index contributed by atoms with van der Waals surface area (Å²) >= 11 is 3.86. The van der Waals surface area contributed by atoms with Crippen LogP contribution in [0.1, 0.15) is 23.5 Å². The highest BCUT2D eigenvalue weighted by Gasteiger charge is 2.23. The Morgan fingerprint density at radius 2 is 2.10 bits per heavy atom. The molecule has 1 amide bonds. The third-order valence-corrected chi connectivity index (χ3v) is 6.54. The van der Waals surface area contributed by atoms with Crippen molar-refractivity contribution in [3.8, 4) is 6.07 Å². The number of ketones is 1. The first-order valence-corrected chi connectivity index (χ1v) is 11.1. The number of thioether (sulfide) groups is 1. The van der Waals surface area contributed by atoms with Crippen molar-refractivity contribution in [2.45, 2.75) is 24.1 Å². The number of aryl methyl sites for hydroxylation is 1. The summed E-state index contributed by atoms with van der Waals surface area (Å²) in [6, 6.07) is 9.26. The minimum absolute atomic E-state index is 0.115. The van der Waals surface area contributed by atoms with Gasteiger partial charge in [0, 0.05) is 29.4 Å². The zero-order valence-corrected chi connectivity index (χ0v) is 18.0. The number of Topliss-reactive ketones (excluding diaryl/α,β-unsaturated/α-hetero) is 1. The predicted octanol–water partition coefficient (Wildman–Crippen LogP) is 3.97. The van der Waals surface area contributed by atoms with Crippen LogP contribution in [-0.4, -0.2) is 32.6 Å². The number of rotatable bonds is 8. The van der Waals surface area contributed by atoms with Crippen molar-refractivity contribution >= 4 is 62.6 Å². The average molecular weight is 445 g/mol. The topological polar surface area (TPSA) is 121 Å². The number of carbonyl (C=O) groups excluding carboxylic acids is 2. The Labute approximate surface area is 179 Å². The number of amides is 1. The lowest BCUT2D eigenvalue weighted by atomic mass is 10.1. The molecule has 0 fully saturated rings. The average Bonchev–Trinajstić information content (AvgIpc) is 3.29. The number of benzene rings is 1. The SMILES string of the molecule is CC(=O)Nc1cccc(Nc2nnc(SCC(=O)C(C#N)c3nc(C)cs3)s2)c1. The Balaban J connectivity index is 1.58. The smallest absolute Gasteiger partial charge is 0.221 e. The highest BCUT2D eigenvalue weighted by atomic mass is 32.2. The second-order valence-corrected chi connectivity index (χ2v) is 8.99. The molecule has 1 aromatic carbocycles. The molecule has 0 spiro atoms. The van der Waals surface area contributed by atoms with Crippen LogP contribution in [0.15, 0.2) is 34.0 Å². The van der Waals surface area contributed by atoms with Crippen LogP contribution in [0, 0.1) is 18.3 Å². The molecule has 2 aromatic heterocycles. The van der Waals surface area contributed by atoms with Gasteiger partial charge in [-0.05, 0) is 25.1 Å². The fraction of sp³-hybridized carbons (Fsp3) is 0.222. The summed E-state index contributed by atoms with van der Waals surface area (Å²) in [5.41, 5.74) is 2.23. The summed E-state index contributed by atoms with van der Waals surface area (Å²) in [5.74, 6) is -1.10. The second-order valence-electron chi connectivity index (χ2n) is 5.90. The van der Waals surface area contributed by atoms with Gasteiger partial charge in [-0.1, -0.05) is 29.2 Å². The van der Waals surface area contributed by atoms with E-state index in [1.54, 1.807) is 12.1 Å². The van der Waals surface area contributed by atoms with Crippen LogP contribution in [-0.2, 0) is 9.59 Å². The van der Waals surface area contributed by atoms with E-state index in [0.29, 0.717) is 20.2 Å². The fourth-order valence-corrected chi connectivity index (χ4v) is 4.84. The summed E-state index contributed by atoms with van der Waals surface area (Å²) in [6.07, 6.45) is 0. The maximum absolute atomic E-state index is 12.4. The number of nitriles is 1. The maximum atomic E-state index is 12.4. The molecule has 1 unspecified atom stereocenters. The first-order chi connectivity index (χ1) is 13.9. The molecule has 8 nitrogen and oxygen atoms in total. The van der Waals surface area contributed by atoms with E-state index in [1.807, 2.05) is 30.5 Å². The van der Waals surface area contributed by atoms with Gasteiger partial charge < -0.3 is 10.6 Å². The van der Waals surface area contributed by atoms with Crippen LogP contribution in [0.25, 0.3) is 0 Å². The van der Waals surface area contributed by atoms with Crippen molar-refractivity contribution in [3.63, 3.8) is 0 Å². The number of aromatic nitrogens is 3. The predicted molar refractivity (Wildman–Crippen MR) is 115 cm³/mol. The highest BCUT2D eigenvalue weighted by Crippen LogP contribution is 2.30. The third kappa shape index (κ3) is 5.83. The van der Waals surface area contributed by atoms with Gasteiger partial charge >= 0.3 is 0 Å². The summed E-state index contributed by atoms with van der Waals surface area (Å²) in [4.78, 5) is 27.8. The first-order valence-electron chi connectivity index (χ1n) is 8.40. The van der Waals surface area contributed by atoms with Crippen LogP contribution < -0.4 is 10.6 Å². The molecule has 0 saturated heterocycles. The normalized spacial score (nSPS) is 11.5. The second kappa shape index (κ2) is 9.60. The van der Waals surface area contributed by atoms with E-state index >= 15 is 0 Å². The lowest BCUT2D eigenvalue weighted by Crippen LogP contribution is -2.13. The van der Waals surface area contributed by atoms with Crippen molar-refractivity contribution in [2.75, 3.05) is 16.4 Å². The van der Waals surface area contributed by atoms with Crippen molar-refractivity contribution < 1.29 is 9.59 Å². The molecular formula is C18H16N6O2S3. The molecular weight excluding hydrogens is 428 g/mol. The first kappa shape index (κ1) is 20.9. The van der Waals surface area contributed by atoms with Crippen molar-refractivity contribution in [2.24, 2.45) is 0 Å². The molecule has 148 valence electrons. The molecule has 1 atom stereocenters. The maximum Gasteiger partial charge on any atom is 0.221 e. The molecule has 3 aromatic rings. The molecule has 3 rings (SSSR count). The van der Waals surface area contributed by atoms with Crippen LogP contribution in [0.3, 0.4) is 0 Å². The Kier molecular flexibility index (Phi) is 6.92.